The molecule has 0 atom stereocenters. The van der Waals surface area contributed by atoms with Crippen molar-refractivity contribution in [2.75, 3.05) is 6.54 Å². The van der Waals surface area contributed by atoms with Gasteiger partial charge in [0.1, 0.15) is 0 Å². The van der Waals surface area contributed by atoms with Crippen molar-refractivity contribution in [1.82, 2.24) is 0 Å². The average Bonchev–Trinajstić information content (AvgIpc) is 2.26. The van der Waals surface area contributed by atoms with Gasteiger partial charge in [0.05, 0.1) is 11.5 Å². The molecule has 0 aliphatic heterocycles. The van der Waals surface area contributed by atoms with Gasteiger partial charge in [-0.25, -0.2) is 0 Å². The lowest BCUT2D eigenvalue weighted by Gasteiger charge is -1.96. The lowest BCUT2D eigenvalue weighted by atomic mass is 10.1. The molecule has 0 amide bonds. The molecule has 80 valence electrons. The molecule has 0 aliphatic rings. The minimum absolute atomic E-state index is 0.0376. The Labute approximate surface area is 91.7 Å². The molecule has 0 aromatic heterocycles. The number of azide groups is 1. The fourth-order valence-electron chi connectivity index (χ4n) is 1.09. The molecule has 0 aliphatic carbocycles. The molecule has 0 unspecified atom stereocenters. The molecule has 1 rings (SSSR count). The molecule has 16 heavy (non-hydrogen) atoms. The Balaban J connectivity index is 2.97. The van der Waals surface area contributed by atoms with E-state index in [0.717, 1.165) is 0 Å². The number of benzene rings is 1. The van der Waals surface area contributed by atoms with Crippen molar-refractivity contribution in [1.29, 1.82) is 0 Å². The number of hydrogen-bond acceptors (Lipinski definition) is 3. The van der Waals surface area contributed by atoms with Crippen LogP contribution in [-0.2, 0) is 0 Å². The van der Waals surface area contributed by atoms with Crippen molar-refractivity contribution >= 4 is 5.69 Å². The number of hydrogen-bond donors (Lipinski definition) is 0. The molecule has 6 nitrogen and oxygen atoms in total. The van der Waals surface area contributed by atoms with Crippen LogP contribution in [0.15, 0.2) is 23.3 Å². The molecule has 0 radical (unpaired) electrons. The second kappa shape index (κ2) is 5.39. The van der Waals surface area contributed by atoms with Gasteiger partial charge in [-0.1, -0.05) is 23.0 Å². The summed E-state index contributed by atoms with van der Waals surface area (Å²) in [7, 11) is 0. The summed E-state index contributed by atoms with van der Waals surface area (Å²) in [5.74, 6) is 5.28. The molecule has 0 saturated carbocycles. The highest BCUT2D eigenvalue weighted by Gasteiger charge is 2.09. The number of nitro groups is 1. The maximum atomic E-state index is 10.6. The first-order chi connectivity index (χ1) is 7.65. The second-order valence-corrected chi connectivity index (χ2v) is 2.95. The standard InChI is InChI=1S/C10H8N4O2/c1-8-4-5-9(3-2-6-12-13-11)7-10(8)14(15)16/h4-5,7H,6H2,1H3. The van der Waals surface area contributed by atoms with E-state index in [9.17, 15) is 10.1 Å². The second-order valence-electron chi connectivity index (χ2n) is 2.95. The van der Waals surface area contributed by atoms with Gasteiger partial charge in [-0.3, -0.25) is 10.1 Å². The molecule has 1 aromatic carbocycles. The van der Waals surface area contributed by atoms with Crippen LogP contribution in [0.4, 0.5) is 5.69 Å². The summed E-state index contributed by atoms with van der Waals surface area (Å²) in [6.45, 7) is 1.72. The number of aryl methyl sites for hydroxylation is 1. The Morgan fingerprint density at radius 2 is 2.38 bits per heavy atom. The Morgan fingerprint density at radius 3 is 3.00 bits per heavy atom. The topological polar surface area (TPSA) is 91.9 Å². The predicted molar refractivity (Wildman–Crippen MR) is 58.7 cm³/mol. The van der Waals surface area contributed by atoms with Gasteiger partial charge in [0, 0.05) is 22.1 Å². The van der Waals surface area contributed by atoms with Crippen LogP contribution < -0.4 is 0 Å². The van der Waals surface area contributed by atoms with Crippen molar-refractivity contribution in [3.05, 3.63) is 49.9 Å². The summed E-state index contributed by atoms with van der Waals surface area (Å²) in [5, 5.41) is 13.9. The van der Waals surface area contributed by atoms with Crippen molar-refractivity contribution in [3.63, 3.8) is 0 Å². The van der Waals surface area contributed by atoms with Crippen molar-refractivity contribution in [3.8, 4) is 11.8 Å². The van der Waals surface area contributed by atoms with Crippen LogP contribution in [0.1, 0.15) is 11.1 Å². The SMILES string of the molecule is Cc1ccc(C#CCN=[N+]=[N-])cc1[N+](=O)[O-]. The van der Waals surface area contributed by atoms with Crippen LogP contribution in [-0.4, -0.2) is 11.5 Å². The summed E-state index contributed by atoms with van der Waals surface area (Å²) in [5.41, 5.74) is 9.18. The Bertz CT molecular complexity index is 521. The van der Waals surface area contributed by atoms with Crippen LogP contribution >= 0.6 is 0 Å². The van der Waals surface area contributed by atoms with Gasteiger partial charge in [-0.2, -0.15) is 0 Å². The molecule has 1 aromatic rings. The van der Waals surface area contributed by atoms with Gasteiger partial charge in [0.15, 0.2) is 0 Å². The third-order valence-corrected chi connectivity index (χ3v) is 1.85. The zero-order chi connectivity index (χ0) is 12.0. The maximum absolute atomic E-state index is 10.6. The van der Waals surface area contributed by atoms with Crippen molar-refractivity contribution < 1.29 is 4.92 Å². The Hall–Kier alpha value is -2.51. The lowest BCUT2D eigenvalue weighted by molar-refractivity contribution is -0.385. The van der Waals surface area contributed by atoms with Gasteiger partial charge in [-0.05, 0) is 18.5 Å². The fourth-order valence-corrected chi connectivity index (χ4v) is 1.09. The molecule has 0 heterocycles. The van der Waals surface area contributed by atoms with Crippen LogP contribution in [0.3, 0.4) is 0 Å². The van der Waals surface area contributed by atoms with E-state index in [1.54, 1.807) is 19.1 Å². The molecule has 6 heteroatoms. The van der Waals surface area contributed by atoms with Crippen molar-refractivity contribution in [2.45, 2.75) is 6.92 Å². The van der Waals surface area contributed by atoms with E-state index in [1.165, 1.54) is 6.07 Å². The van der Waals surface area contributed by atoms with Crippen LogP contribution in [0.5, 0.6) is 0 Å². The first kappa shape index (κ1) is 11.6. The van der Waals surface area contributed by atoms with Gasteiger partial charge >= 0.3 is 0 Å². The third kappa shape index (κ3) is 3.01. The molecule has 0 fully saturated rings. The van der Waals surface area contributed by atoms with E-state index >= 15 is 0 Å². The first-order valence-electron chi connectivity index (χ1n) is 4.40. The van der Waals surface area contributed by atoms with E-state index in [0.29, 0.717) is 11.1 Å². The van der Waals surface area contributed by atoms with E-state index < -0.39 is 4.92 Å². The average molecular weight is 216 g/mol. The minimum Gasteiger partial charge on any atom is -0.258 e. The highest BCUT2D eigenvalue weighted by atomic mass is 16.6. The maximum Gasteiger partial charge on any atom is 0.273 e. The first-order valence-corrected chi connectivity index (χ1v) is 4.40. The van der Waals surface area contributed by atoms with Gasteiger partial charge in [0.25, 0.3) is 5.69 Å². The fraction of sp³-hybridized carbons (Fsp3) is 0.200. The van der Waals surface area contributed by atoms with Crippen LogP contribution in [0, 0.1) is 28.9 Å². The summed E-state index contributed by atoms with van der Waals surface area (Å²) >= 11 is 0. The number of nitrogens with zero attached hydrogens (tertiary/aromatic N) is 4. The van der Waals surface area contributed by atoms with Gasteiger partial charge in [0.2, 0.25) is 0 Å². The lowest BCUT2D eigenvalue weighted by Crippen LogP contribution is -1.92. The number of nitro benzene ring substituents is 1. The van der Waals surface area contributed by atoms with E-state index in [-0.39, 0.29) is 12.2 Å². The number of rotatable bonds is 2. The predicted octanol–water partition coefficient (Wildman–Crippen LogP) is 2.57. The van der Waals surface area contributed by atoms with E-state index in [2.05, 4.69) is 21.9 Å². The molecule has 0 bridgehead atoms. The van der Waals surface area contributed by atoms with Crippen LogP contribution in [0.25, 0.3) is 10.4 Å². The van der Waals surface area contributed by atoms with E-state index in [4.69, 9.17) is 5.53 Å². The zero-order valence-electron chi connectivity index (χ0n) is 8.54. The quantitative estimate of drug-likeness (QED) is 0.190. The molecular formula is C10H8N4O2. The summed E-state index contributed by atoms with van der Waals surface area (Å²) in [6, 6.07) is 4.72. The monoisotopic (exact) mass is 216 g/mol. The van der Waals surface area contributed by atoms with E-state index in [1.807, 2.05) is 0 Å². The highest BCUT2D eigenvalue weighted by Crippen LogP contribution is 2.18. The third-order valence-electron chi connectivity index (χ3n) is 1.85. The summed E-state index contributed by atoms with van der Waals surface area (Å²) in [6.07, 6.45) is 0. The Morgan fingerprint density at radius 1 is 1.62 bits per heavy atom. The smallest absolute Gasteiger partial charge is 0.258 e. The van der Waals surface area contributed by atoms with Crippen molar-refractivity contribution in [2.24, 2.45) is 5.11 Å². The Kier molecular flexibility index (Phi) is 3.90. The van der Waals surface area contributed by atoms with Crippen LogP contribution in [0.2, 0.25) is 0 Å². The summed E-state index contributed by atoms with van der Waals surface area (Å²) < 4.78 is 0. The highest BCUT2D eigenvalue weighted by molar-refractivity contribution is 5.48. The zero-order valence-corrected chi connectivity index (χ0v) is 8.54. The van der Waals surface area contributed by atoms with Gasteiger partial charge in [-0.15, -0.1) is 0 Å². The largest absolute Gasteiger partial charge is 0.273 e. The molecule has 0 N–H and O–H groups in total. The minimum atomic E-state index is -0.450. The molecular weight excluding hydrogens is 208 g/mol. The molecule has 0 spiro atoms. The normalized spacial score (nSPS) is 8.56. The van der Waals surface area contributed by atoms with Gasteiger partial charge < -0.3 is 0 Å². The molecule has 0 saturated heterocycles. The summed E-state index contributed by atoms with van der Waals surface area (Å²) in [4.78, 5) is 12.7.